The van der Waals surface area contributed by atoms with E-state index in [0.29, 0.717) is 17.7 Å². The molecule has 0 radical (unpaired) electrons. The lowest BCUT2D eigenvalue weighted by molar-refractivity contribution is 0.893. The van der Waals surface area contributed by atoms with Crippen molar-refractivity contribution < 1.29 is 0 Å². The van der Waals surface area contributed by atoms with E-state index in [-0.39, 0.29) is 0 Å². The number of fused-ring (bicyclic) bond motifs is 13. The number of aryl methyl sites for hydroxylation is 1. The highest BCUT2D eigenvalue weighted by Crippen LogP contribution is 2.43. The van der Waals surface area contributed by atoms with Crippen LogP contribution in [0, 0.1) is 0 Å². The standard InChI is InChI=1S/C57H37N7/c1-4-18-36(19-5-1)55-58-56(63-49-31-17-13-27-43(49)53-50(63)33-32-42-39-24-10-15-29-47(39)62(54(42)53)38-22-8-3-9-23-38)60-57(59-55)64-48-30-16-12-26-41(48)45-34-51-44(35-52(45)64)40-25-11-14-28-46(40)61(51)37-20-6-2-7-21-37/h1-10,12-24,26-35H,11,25H2. The molecule has 14 rings (SSSR count). The number of allylic oxidation sites excluding steroid dienone is 1. The molecule has 5 aromatic heterocycles. The van der Waals surface area contributed by atoms with E-state index in [9.17, 15) is 0 Å². The second-order valence-corrected chi connectivity index (χ2v) is 16.7. The number of rotatable bonds is 5. The van der Waals surface area contributed by atoms with Gasteiger partial charge in [-0.1, -0.05) is 133 Å². The first kappa shape index (κ1) is 35.1. The molecular weight excluding hydrogens is 783 g/mol. The fourth-order valence-corrected chi connectivity index (χ4v) is 10.6. The number of para-hydroxylation sites is 5. The smallest absolute Gasteiger partial charge is 0.240 e. The van der Waals surface area contributed by atoms with Gasteiger partial charge in [-0.05, 0) is 85.1 Å². The third-order valence-electron chi connectivity index (χ3n) is 13.3. The molecule has 0 amide bonds. The molecule has 1 aliphatic rings. The van der Waals surface area contributed by atoms with Gasteiger partial charge in [-0.2, -0.15) is 15.0 Å². The summed E-state index contributed by atoms with van der Waals surface area (Å²) in [4.78, 5) is 16.3. The molecular formula is C57H37N7. The number of nitrogens with zero attached hydrogens (tertiary/aromatic N) is 7. The van der Waals surface area contributed by atoms with Crippen molar-refractivity contribution in [3.05, 3.63) is 205 Å². The van der Waals surface area contributed by atoms with Crippen LogP contribution >= 0.6 is 0 Å². The third kappa shape index (κ3) is 4.94. The van der Waals surface area contributed by atoms with Crippen LogP contribution in [0.15, 0.2) is 194 Å². The molecule has 0 spiro atoms. The maximum Gasteiger partial charge on any atom is 0.240 e. The summed E-state index contributed by atoms with van der Waals surface area (Å²) < 4.78 is 9.34. The van der Waals surface area contributed by atoms with Gasteiger partial charge in [0, 0.05) is 60.3 Å². The Bertz CT molecular complexity index is 4060. The van der Waals surface area contributed by atoms with E-state index >= 15 is 0 Å². The van der Waals surface area contributed by atoms with E-state index in [1.807, 2.05) is 18.2 Å². The molecule has 0 atom stereocenters. The predicted octanol–water partition coefficient (Wildman–Crippen LogP) is 13.7. The highest BCUT2D eigenvalue weighted by molar-refractivity contribution is 6.26. The summed E-state index contributed by atoms with van der Waals surface area (Å²) in [5.41, 5.74) is 13.5. The van der Waals surface area contributed by atoms with Gasteiger partial charge in [0.25, 0.3) is 0 Å². The molecule has 0 saturated carbocycles. The minimum atomic E-state index is 0.557. The zero-order chi connectivity index (χ0) is 41.9. The van der Waals surface area contributed by atoms with E-state index in [4.69, 9.17) is 15.0 Å². The van der Waals surface area contributed by atoms with Crippen LogP contribution in [0.1, 0.15) is 17.7 Å². The predicted molar refractivity (Wildman–Crippen MR) is 262 cm³/mol. The Balaban J connectivity index is 1.09. The lowest BCUT2D eigenvalue weighted by atomic mass is 10.00. The van der Waals surface area contributed by atoms with Gasteiger partial charge in [-0.15, -0.1) is 0 Å². The molecule has 8 aromatic carbocycles. The Kier molecular flexibility index (Phi) is 7.39. The average molecular weight is 820 g/mol. The minimum Gasteiger partial charge on any atom is -0.310 e. The zero-order valence-electron chi connectivity index (χ0n) is 34.6. The van der Waals surface area contributed by atoms with Crippen molar-refractivity contribution in [2.45, 2.75) is 12.8 Å². The molecule has 0 fully saturated rings. The Morgan fingerprint density at radius 1 is 0.375 bits per heavy atom. The monoisotopic (exact) mass is 819 g/mol. The summed E-state index contributed by atoms with van der Waals surface area (Å²) in [5, 5.41) is 8.24. The SMILES string of the molecule is C1=Cc2c(c3cc4c(cc3n2-c2ccccc2)c2ccccc2n4-c2nc(-c3ccccc3)nc(-n3c4ccccc4c4c3ccc3c5ccccc5n(-c5ccccc5)c34)n2)CC1. The van der Waals surface area contributed by atoms with Gasteiger partial charge >= 0.3 is 0 Å². The van der Waals surface area contributed by atoms with Gasteiger partial charge in [0.2, 0.25) is 11.9 Å². The Hall–Kier alpha value is -8.55. The second kappa shape index (κ2) is 13.5. The van der Waals surface area contributed by atoms with Crippen LogP contribution in [0.25, 0.3) is 117 Å². The highest BCUT2D eigenvalue weighted by atomic mass is 15.3. The van der Waals surface area contributed by atoms with E-state index in [1.165, 1.54) is 38.4 Å². The highest BCUT2D eigenvalue weighted by Gasteiger charge is 2.26. The normalized spacial score (nSPS) is 12.8. The first-order valence-electron chi connectivity index (χ1n) is 21.9. The molecule has 13 aromatic rings. The van der Waals surface area contributed by atoms with Crippen LogP contribution < -0.4 is 0 Å². The summed E-state index contributed by atoms with van der Waals surface area (Å²) >= 11 is 0. The maximum absolute atomic E-state index is 5.55. The lowest BCUT2D eigenvalue weighted by Gasteiger charge is -2.13. The maximum atomic E-state index is 5.55. The molecule has 1 aliphatic carbocycles. The van der Waals surface area contributed by atoms with Crippen molar-refractivity contribution in [1.82, 2.24) is 33.2 Å². The van der Waals surface area contributed by atoms with Gasteiger partial charge in [0.15, 0.2) is 5.82 Å². The van der Waals surface area contributed by atoms with Crippen molar-refractivity contribution in [3.63, 3.8) is 0 Å². The molecule has 0 aliphatic heterocycles. The molecule has 0 bridgehead atoms. The molecule has 7 heteroatoms. The Morgan fingerprint density at radius 2 is 0.906 bits per heavy atom. The number of hydrogen-bond acceptors (Lipinski definition) is 3. The molecule has 0 unspecified atom stereocenters. The van der Waals surface area contributed by atoms with Crippen LogP contribution in [0.2, 0.25) is 0 Å². The van der Waals surface area contributed by atoms with Crippen molar-refractivity contribution in [1.29, 1.82) is 0 Å². The van der Waals surface area contributed by atoms with Crippen molar-refractivity contribution in [2.24, 2.45) is 0 Å². The van der Waals surface area contributed by atoms with E-state index in [0.717, 1.165) is 78.9 Å². The summed E-state index contributed by atoms with van der Waals surface area (Å²) in [5.74, 6) is 1.73. The Labute approximate surface area is 367 Å². The molecule has 0 N–H and O–H groups in total. The molecule has 64 heavy (non-hydrogen) atoms. The van der Waals surface area contributed by atoms with Crippen LogP contribution in [0.4, 0.5) is 0 Å². The van der Waals surface area contributed by atoms with Crippen molar-refractivity contribution in [3.8, 4) is 34.7 Å². The second-order valence-electron chi connectivity index (χ2n) is 16.7. The van der Waals surface area contributed by atoms with Gasteiger partial charge in [0.05, 0.1) is 38.6 Å². The van der Waals surface area contributed by atoms with Crippen molar-refractivity contribution in [2.75, 3.05) is 0 Å². The summed E-state index contributed by atoms with van der Waals surface area (Å²) in [6.07, 6.45) is 6.59. The van der Waals surface area contributed by atoms with Gasteiger partial charge in [0.1, 0.15) is 0 Å². The summed E-state index contributed by atoms with van der Waals surface area (Å²) in [7, 11) is 0. The Morgan fingerprint density at radius 3 is 1.61 bits per heavy atom. The van der Waals surface area contributed by atoms with E-state index in [2.05, 4.69) is 200 Å². The van der Waals surface area contributed by atoms with Crippen molar-refractivity contribution >= 4 is 82.4 Å². The first-order chi connectivity index (χ1) is 31.8. The number of hydrogen-bond donors (Lipinski definition) is 0. The fraction of sp³-hybridized carbons (Fsp3) is 0.0351. The first-order valence-corrected chi connectivity index (χ1v) is 21.9. The molecule has 300 valence electrons. The lowest BCUT2D eigenvalue weighted by Crippen LogP contribution is -2.10. The average Bonchev–Trinajstić information content (AvgIpc) is 4.09. The molecule has 7 nitrogen and oxygen atoms in total. The van der Waals surface area contributed by atoms with E-state index in [1.54, 1.807) is 0 Å². The quantitative estimate of drug-likeness (QED) is 0.174. The minimum absolute atomic E-state index is 0.557. The number of aromatic nitrogens is 7. The zero-order valence-corrected chi connectivity index (χ0v) is 34.6. The van der Waals surface area contributed by atoms with Crippen LogP contribution in [-0.2, 0) is 6.42 Å². The van der Waals surface area contributed by atoms with Gasteiger partial charge < -0.3 is 9.13 Å². The van der Waals surface area contributed by atoms with Crippen LogP contribution in [-0.4, -0.2) is 33.2 Å². The molecule has 0 saturated heterocycles. The fourth-order valence-electron chi connectivity index (χ4n) is 10.6. The number of benzene rings is 8. The summed E-state index contributed by atoms with van der Waals surface area (Å²) in [6.45, 7) is 0. The van der Waals surface area contributed by atoms with Crippen LogP contribution in [0.5, 0.6) is 0 Å². The van der Waals surface area contributed by atoms with Gasteiger partial charge in [-0.25, -0.2) is 0 Å². The largest absolute Gasteiger partial charge is 0.310 e. The van der Waals surface area contributed by atoms with E-state index < -0.39 is 0 Å². The topological polar surface area (TPSA) is 58.4 Å². The third-order valence-corrected chi connectivity index (χ3v) is 13.3. The van der Waals surface area contributed by atoms with Gasteiger partial charge in [-0.3, -0.25) is 9.13 Å². The van der Waals surface area contributed by atoms with Crippen LogP contribution in [0.3, 0.4) is 0 Å². The molecule has 5 heterocycles. The summed E-state index contributed by atoms with van der Waals surface area (Å²) in [6, 6.07) is 67.0.